The number of nitrogens with zero attached hydrogens (tertiary/aromatic N) is 1. The molecule has 0 aliphatic carbocycles. The minimum atomic E-state index is -0.487. The molecule has 0 aliphatic heterocycles. The largest absolute Gasteiger partial charge is 0.439 e. The molecule has 0 amide bonds. The van der Waals surface area contributed by atoms with Crippen LogP contribution in [0.15, 0.2) is 36.5 Å². The zero-order valence-electron chi connectivity index (χ0n) is 8.86. The fourth-order valence-electron chi connectivity index (χ4n) is 1.32. The minimum absolute atomic E-state index is 0.00716. The van der Waals surface area contributed by atoms with Crippen molar-refractivity contribution < 1.29 is 9.13 Å². The lowest BCUT2D eigenvalue weighted by Crippen LogP contribution is -2.00. The topological polar surface area (TPSA) is 48.1 Å². The highest BCUT2D eigenvalue weighted by Gasteiger charge is 2.06. The second-order valence-corrected chi connectivity index (χ2v) is 3.76. The Hall–Kier alpha value is -1.65. The van der Waals surface area contributed by atoms with Crippen molar-refractivity contribution in [3.8, 4) is 11.6 Å². The lowest BCUT2D eigenvalue weighted by molar-refractivity contribution is 0.455. The van der Waals surface area contributed by atoms with Crippen molar-refractivity contribution in [3.05, 3.63) is 52.9 Å². The molecule has 1 aromatic carbocycles. The zero-order valence-corrected chi connectivity index (χ0v) is 9.62. The van der Waals surface area contributed by atoms with Crippen LogP contribution in [0.5, 0.6) is 11.6 Å². The van der Waals surface area contributed by atoms with Crippen LogP contribution < -0.4 is 10.5 Å². The van der Waals surface area contributed by atoms with Crippen molar-refractivity contribution in [3.63, 3.8) is 0 Å². The van der Waals surface area contributed by atoms with Crippen LogP contribution in [0.4, 0.5) is 4.39 Å². The fraction of sp³-hybridized carbons (Fsp3) is 0.0833. The predicted octanol–water partition coefficient (Wildman–Crippen LogP) is 3.13. The Labute approximate surface area is 103 Å². The van der Waals surface area contributed by atoms with Gasteiger partial charge in [0.05, 0.1) is 5.02 Å². The molecule has 1 heterocycles. The number of halogens is 2. The first kappa shape index (κ1) is 11.8. The predicted molar refractivity (Wildman–Crippen MR) is 63.6 cm³/mol. The van der Waals surface area contributed by atoms with Crippen LogP contribution in [0, 0.1) is 5.82 Å². The number of aromatic nitrogens is 1. The minimum Gasteiger partial charge on any atom is -0.439 e. The van der Waals surface area contributed by atoms with Gasteiger partial charge in [-0.15, -0.1) is 0 Å². The number of benzene rings is 1. The van der Waals surface area contributed by atoms with E-state index >= 15 is 0 Å². The molecule has 0 radical (unpaired) electrons. The van der Waals surface area contributed by atoms with E-state index in [9.17, 15) is 4.39 Å². The first-order valence-electron chi connectivity index (χ1n) is 4.97. The fourth-order valence-corrected chi connectivity index (χ4v) is 1.49. The Morgan fingerprint density at radius 1 is 1.35 bits per heavy atom. The molecule has 5 heteroatoms. The molecule has 0 saturated heterocycles. The lowest BCUT2D eigenvalue weighted by Gasteiger charge is -2.08. The average Bonchev–Trinajstić information content (AvgIpc) is 2.34. The summed E-state index contributed by atoms with van der Waals surface area (Å²) in [7, 11) is 0. The van der Waals surface area contributed by atoms with Gasteiger partial charge in [0.1, 0.15) is 11.6 Å². The molecular weight excluding hydrogens is 243 g/mol. The van der Waals surface area contributed by atoms with E-state index < -0.39 is 5.82 Å². The Bertz CT molecular complexity index is 534. The Morgan fingerprint density at radius 2 is 2.18 bits per heavy atom. The van der Waals surface area contributed by atoms with Crippen molar-refractivity contribution in [1.29, 1.82) is 0 Å². The molecule has 88 valence electrons. The molecule has 0 spiro atoms. The molecule has 0 bridgehead atoms. The summed E-state index contributed by atoms with van der Waals surface area (Å²) in [4.78, 5) is 4.06. The van der Waals surface area contributed by atoms with Gasteiger partial charge in [0.25, 0.3) is 0 Å². The van der Waals surface area contributed by atoms with Gasteiger partial charge < -0.3 is 10.5 Å². The number of pyridine rings is 1. The SMILES string of the molecule is NCc1cccnc1Oc1ccc(F)c(Cl)c1. The van der Waals surface area contributed by atoms with Crippen LogP contribution in [-0.4, -0.2) is 4.98 Å². The molecule has 17 heavy (non-hydrogen) atoms. The smallest absolute Gasteiger partial charge is 0.223 e. The molecular formula is C12H10ClFN2O. The van der Waals surface area contributed by atoms with E-state index in [2.05, 4.69) is 4.98 Å². The summed E-state index contributed by atoms with van der Waals surface area (Å²) in [6, 6.07) is 7.70. The Kier molecular flexibility index (Phi) is 3.56. The van der Waals surface area contributed by atoms with Gasteiger partial charge >= 0.3 is 0 Å². The van der Waals surface area contributed by atoms with Gasteiger partial charge in [-0.2, -0.15) is 0 Å². The van der Waals surface area contributed by atoms with Gasteiger partial charge in [0.15, 0.2) is 0 Å². The molecule has 2 rings (SSSR count). The van der Waals surface area contributed by atoms with E-state index in [1.54, 1.807) is 12.3 Å². The molecule has 1 aromatic heterocycles. The Morgan fingerprint density at radius 3 is 2.88 bits per heavy atom. The van der Waals surface area contributed by atoms with Crippen molar-refractivity contribution >= 4 is 11.6 Å². The molecule has 0 atom stereocenters. The van der Waals surface area contributed by atoms with Crippen LogP contribution in [0.3, 0.4) is 0 Å². The Balaban J connectivity index is 2.28. The van der Waals surface area contributed by atoms with E-state index in [0.717, 1.165) is 5.56 Å². The molecule has 0 fully saturated rings. The maximum absolute atomic E-state index is 13.0. The second-order valence-electron chi connectivity index (χ2n) is 3.35. The number of hydrogen-bond donors (Lipinski definition) is 1. The number of rotatable bonds is 3. The van der Waals surface area contributed by atoms with Gasteiger partial charge in [-0.25, -0.2) is 9.37 Å². The monoisotopic (exact) mass is 252 g/mol. The highest BCUT2D eigenvalue weighted by atomic mass is 35.5. The first-order valence-corrected chi connectivity index (χ1v) is 5.35. The summed E-state index contributed by atoms with van der Waals surface area (Å²) >= 11 is 5.65. The summed E-state index contributed by atoms with van der Waals surface area (Å²) in [6.45, 7) is 0.318. The lowest BCUT2D eigenvalue weighted by atomic mass is 10.3. The maximum Gasteiger partial charge on any atom is 0.223 e. The van der Waals surface area contributed by atoms with E-state index in [1.165, 1.54) is 18.2 Å². The summed E-state index contributed by atoms with van der Waals surface area (Å²) in [5.74, 6) is 0.335. The molecule has 2 aromatic rings. The van der Waals surface area contributed by atoms with Crippen LogP contribution in [0.2, 0.25) is 5.02 Å². The zero-order chi connectivity index (χ0) is 12.3. The third-order valence-electron chi connectivity index (χ3n) is 2.18. The summed E-state index contributed by atoms with van der Waals surface area (Å²) in [5.41, 5.74) is 6.32. The average molecular weight is 253 g/mol. The molecule has 0 aliphatic rings. The summed E-state index contributed by atoms with van der Waals surface area (Å²) in [5, 5.41) is 0.00716. The van der Waals surface area contributed by atoms with Crippen molar-refractivity contribution in [2.75, 3.05) is 0 Å². The third kappa shape index (κ3) is 2.72. The van der Waals surface area contributed by atoms with Gasteiger partial charge in [-0.1, -0.05) is 17.7 Å². The highest BCUT2D eigenvalue weighted by Crippen LogP contribution is 2.26. The van der Waals surface area contributed by atoms with Crippen LogP contribution in [0.1, 0.15) is 5.56 Å². The van der Waals surface area contributed by atoms with Gasteiger partial charge in [-0.05, 0) is 18.2 Å². The van der Waals surface area contributed by atoms with Crippen molar-refractivity contribution in [1.82, 2.24) is 4.98 Å². The first-order chi connectivity index (χ1) is 8.20. The second kappa shape index (κ2) is 5.12. The third-order valence-corrected chi connectivity index (χ3v) is 2.47. The van der Waals surface area contributed by atoms with E-state index in [-0.39, 0.29) is 5.02 Å². The molecule has 0 unspecified atom stereocenters. The molecule has 3 nitrogen and oxygen atoms in total. The number of nitrogens with two attached hydrogens (primary N) is 1. The van der Waals surface area contributed by atoms with Crippen LogP contribution >= 0.6 is 11.6 Å². The van der Waals surface area contributed by atoms with E-state index in [1.807, 2.05) is 6.07 Å². The van der Waals surface area contributed by atoms with Gasteiger partial charge in [0, 0.05) is 24.4 Å². The van der Waals surface area contributed by atoms with Gasteiger partial charge in [0.2, 0.25) is 5.88 Å². The van der Waals surface area contributed by atoms with Crippen molar-refractivity contribution in [2.24, 2.45) is 5.73 Å². The highest BCUT2D eigenvalue weighted by molar-refractivity contribution is 6.30. The summed E-state index contributed by atoms with van der Waals surface area (Å²) < 4.78 is 18.5. The van der Waals surface area contributed by atoms with Crippen LogP contribution in [-0.2, 0) is 6.54 Å². The van der Waals surface area contributed by atoms with E-state index in [0.29, 0.717) is 18.2 Å². The van der Waals surface area contributed by atoms with Crippen LogP contribution in [0.25, 0.3) is 0 Å². The standard InChI is InChI=1S/C12H10ClFN2O/c13-10-6-9(3-4-11(10)14)17-12-8(7-15)2-1-5-16-12/h1-6H,7,15H2. The number of hydrogen-bond acceptors (Lipinski definition) is 3. The quantitative estimate of drug-likeness (QED) is 0.913. The van der Waals surface area contributed by atoms with Gasteiger partial charge in [-0.3, -0.25) is 0 Å². The van der Waals surface area contributed by atoms with Crippen molar-refractivity contribution in [2.45, 2.75) is 6.54 Å². The summed E-state index contributed by atoms with van der Waals surface area (Å²) in [6.07, 6.45) is 1.60. The maximum atomic E-state index is 13.0. The molecule has 2 N–H and O–H groups in total. The number of ether oxygens (including phenoxy) is 1. The molecule has 0 saturated carbocycles. The normalized spacial score (nSPS) is 10.3. The van der Waals surface area contributed by atoms with E-state index in [4.69, 9.17) is 22.1 Å².